The fraction of sp³-hybridized carbons (Fsp3) is 0.565. The molecule has 176 valence electrons. The van der Waals surface area contributed by atoms with Crippen molar-refractivity contribution < 1.29 is 23.9 Å². The molecule has 0 saturated carbocycles. The first kappa shape index (κ1) is 25.3. The lowest BCUT2D eigenvalue weighted by Crippen LogP contribution is -2.57. The van der Waals surface area contributed by atoms with E-state index < -0.39 is 12.0 Å². The van der Waals surface area contributed by atoms with Gasteiger partial charge in [-0.1, -0.05) is 26.0 Å². The van der Waals surface area contributed by atoms with Gasteiger partial charge in [-0.3, -0.25) is 24.1 Å². The Morgan fingerprint density at radius 3 is 2.72 bits per heavy atom. The van der Waals surface area contributed by atoms with Gasteiger partial charge in [-0.25, -0.2) is 0 Å². The average Bonchev–Trinajstić information content (AvgIpc) is 2.73. The Hall–Kier alpha value is -2.94. The Kier molecular flexibility index (Phi) is 9.64. The van der Waals surface area contributed by atoms with Crippen molar-refractivity contribution in [2.45, 2.75) is 39.2 Å². The van der Waals surface area contributed by atoms with E-state index in [4.69, 9.17) is 4.74 Å². The van der Waals surface area contributed by atoms with E-state index in [0.717, 1.165) is 5.56 Å². The number of benzene rings is 1. The molecule has 1 aliphatic rings. The predicted molar refractivity (Wildman–Crippen MR) is 121 cm³/mol. The van der Waals surface area contributed by atoms with Crippen LogP contribution in [0.15, 0.2) is 24.3 Å². The Morgan fingerprint density at radius 2 is 2.03 bits per heavy atom. The first-order valence-electron chi connectivity index (χ1n) is 10.9. The van der Waals surface area contributed by atoms with Crippen LogP contribution in [0.2, 0.25) is 0 Å². The number of esters is 1. The third-order valence-electron chi connectivity index (χ3n) is 5.06. The lowest BCUT2D eigenvalue weighted by molar-refractivity contribution is -0.149. The molecule has 0 aliphatic carbocycles. The van der Waals surface area contributed by atoms with E-state index in [2.05, 4.69) is 10.6 Å². The van der Waals surface area contributed by atoms with Crippen LogP contribution in [0.4, 0.5) is 5.69 Å². The molecule has 1 aliphatic heterocycles. The standard InChI is InChI=1S/C23H34N4O5/c1-16(2)15-32-22(30)13-19-23(31)24-10-11-27(19)14-20(28)25-18-7-5-6-17(12-18)8-9-21(29)26(3)4/h5-7,12,16,19H,8-11,13-15H2,1-4H3,(H,24,31)(H,25,28). The normalized spacial score (nSPS) is 16.4. The van der Waals surface area contributed by atoms with Crippen LogP contribution in [0.5, 0.6) is 0 Å². The van der Waals surface area contributed by atoms with Gasteiger partial charge in [0.25, 0.3) is 0 Å². The van der Waals surface area contributed by atoms with Crippen LogP contribution in [0.25, 0.3) is 0 Å². The number of carbonyl (C=O) groups is 4. The van der Waals surface area contributed by atoms with Gasteiger partial charge in [0.15, 0.2) is 0 Å². The van der Waals surface area contributed by atoms with Gasteiger partial charge in [-0.05, 0) is 30.0 Å². The molecule has 0 radical (unpaired) electrons. The van der Waals surface area contributed by atoms with Crippen molar-refractivity contribution in [1.82, 2.24) is 15.1 Å². The van der Waals surface area contributed by atoms with Crippen LogP contribution in [-0.2, 0) is 30.3 Å². The number of aryl methyl sites for hydroxylation is 1. The van der Waals surface area contributed by atoms with Crippen molar-refractivity contribution >= 4 is 29.4 Å². The number of rotatable bonds is 10. The smallest absolute Gasteiger partial charge is 0.307 e. The van der Waals surface area contributed by atoms with Gasteiger partial charge in [-0.15, -0.1) is 0 Å². The number of anilines is 1. The summed E-state index contributed by atoms with van der Waals surface area (Å²) in [4.78, 5) is 52.1. The highest BCUT2D eigenvalue weighted by molar-refractivity contribution is 5.93. The van der Waals surface area contributed by atoms with Crippen LogP contribution in [0, 0.1) is 5.92 Å². The molecular formula is C23H34N4O5. The van der Waals surface area contributed by atoms with E-state index in [1.165, 1.54) is 0 Å². The number of piperazine rings is 1. The molecule has 1 aromatic rings. The van der Waals surface area contributed by atoms with E-state index in [9.17, 15) is 19.2 Å². The predicted octanol–water partition coefficient (Wildman–Crippen LogP) is 1.04. The summed E-state index contributed by atoms with van der Waals surface area (Å²) in [5.74, 6) is -0.760. The summed E-state index contributed by atoms with van der Waals surface area (Å²) in [6.45, 7) is 5.04. The second kappa shape index (κ2) is 12.2. The van der Waals surface area contributed by atoms with Crippen LogP contribution in [-0.4, -0.2) is 79.9 Å². The topological polar surface area (TPSA) is 108 Å². The molecule has 3 amide bonds. The molecule has 2 rings (SSSR count). The number of nitrogens with zero attached hydrogens (tertiary/aromatic N) is 2. The molecule has 9 heteroatoms. The number of nitrogens with one attached hydrogen (secondary N) is 2. The first-order chi connectivity index (χ1) is 15.2. The highest BCUT2D eigenvalue weighted by atomic mass is 16.5. The van der Waals surface area contributed by atoms with Gasteiger partial charge in [0, 0.05) is 39.3 Å². The number of hydrogen-bond acceptors (Lipinski definition) is 6. The van der Waals surface area contributed by atoms with Crippen molar-refractivity contribution in [3.05, 3.63) is 29.8 Å². The van der Waals surface area contributed by atoms with Gasteiger partial charge < -0.3 is 20.3 Å². The SMILES string of the molecule is CC(C)COC(=O)CC1C(=O)NCCN1CC(=O)Nc1cccc(CCC(=O)N(C)C)c1. The summed E-state index contributed by atoms with van der Waals surface area (Å²) in [7, 11) is 3.44. The maximum absolute atomic E-state index is 12.6. The highest BCUT2D eigenvalue weighted by Gasteiger charge is 2.33. The monoisotopic (exact) mass is 446 g/mol. The molecule has 0 aromatic heterocycles. The molecular weight excluding hydrogens is 412 g/mol. The average molecular weight is 447 g/mol. The quantitative estimate of drug-likeness (QED) is 0.520. The molecule has 1 heterocycles. The molecule has 0 spiro atoms. The van der Waals surface area contributed by atoms with Crippen molar-refractivity contribution in [3.63, 3.8) is 0 Å². The van der Waals surface area contributed by atoms with E-state index in [1.54, 1.807) is 30.0 Å². The van der Waals surface area contributed by atoms with Gasteiger partial charge in [0.1, 0.15) is 6.04 Å². The van der Waals surface area contributed by atoms with Gasteiger partial charge in [-0.2, -0.15) is 0 Å². The zero-order chi connectivity index (χ0) is 23.7. The number of hydrogen-bond donors (Lipinski definition) is 2. The largest absolute Gasteiger partial charge is 0.465 e. The van der Waals surface area contributed by atoms with Crippen LogP contribution < -0.4 is 10.6 Å². The van der Waals surface area contributed by atoms with E-state index in [-0.39, 0.29) is 36.6 Å². The summed E-state index contributed by atoms with van der Waals surface area (Å²) in [5, 5.41) is 5.59. The van der Waals surface area contributed by atoms with Crippen molar-refractivity contribution in [1.29, 1.82) is 0 Å². The molecule has 2 N–H and O–H groups in total. The third kappa shape index (κ3) is 8.30. The van der Waals surface area contributed by atoms with E-state index >= 15 is 0 Å². The minimum atomic E-state index is -0.738. The molecule has 1 atom stereocenters. The van der Waals surface area contributed by atoms with E-state index in [0.29, 0.717) is 38.2 Å². The zero-order valence-electron chi connectivity index (χ0n) is 19.3. The maximum Gasteiger partial charge on any atom is 0.307 e. The van der Waals surface area contributed by atoms with Crippen LogP contribution >= 0.6 is 0 Å². The third-order valence-corrected chi connectivity index (χ3v) is 5.06. The van der Waals surface area contributed by atoms with Crippen molar-refractivity contribution in [3.8, 4) is 0 Å². The minimum Gasteiger partial charge on any atom is -0.465 e. The molecule has 1 unspecified atom stereocenters. The highest BCUT2D eigenvalue weighted by Crippen LogP contribution is 2.14. The fourth-order valence-electron chi connectivity index (χ4n) is 3.31. The molecule has 0 bridgehead atoms. The minimum absolute atomic E-state index is 0.0150. The Balaban J connectivity index is 1.93. The molecule has 1 fully saturated rings. The number of amides is 3. The van der Waals surface area contributed by atoms with Crippen molar-refractivity contribution in [2.75, 3.05) is 45.7 Å². The molecule has 9 nitrogen and oxygen atoms in total. The summed E-state index contributed by atoms with van der Waals surface area (Å²) < 4.78 is 5.20. The lowest BCUT2D eigenvalue weighted by Gasteiger charge is -2.33. The fourth-order valence-corrected chi connectivity index (χ4v) is 3.31. The maximum atomic E-state index is 12.6. The van der Waals surface area contributed by atoms with Gasteiger partial charge in [0.05, 0.1) is 19.6 Å². The number of carbonyl (C=O) groups excluding carboxylic acids is 4. The number of ether oxygens (including phenoxy) is 1. The van der Waals surface area contributed by atoms with Crippen LogP contribution in [0.1, 0.15) is 32.3 Å². The second-order valence-corrected chi connectivity index (χ2v) is 8.60. The Labute approximate surface area is 189 Å². The summed E-state index contributed by atoms with van der Waals surface area (Å²) >= 11 is 0. The molecule has 1 saturated heterocycles. The zero-order valence-corrected chi connectivity index (χ0v) is 19.3. The Morgan fingerprint density at radius 1 is 1.28 bits per heavy atom. The summed E-state index contributed by atoms with van der Waals surface area (Å²) in [6.07, 6.45) is 0.872. The summed E-state index contributed by atoms with van der Waals surface area (Å²) in [6, 6.07) is 6.61. The van der Waals surface area contributed by atoms with E-state index in [1.807, 2.05) is 32.0 Å². The molecule has 32 heavy (non-hydrogen) atoms. The second-order valence-electron chi connectivity index (χ2n) is 8.60. The van der Waals surface area contributed by atoms with Gasteiger partial charge >= 0.3 is 5.97 Å². The lowest BCUT2D eigenvalue weighted by atomic mass is 10.1. The first-order valence-corrected chi connectivity index (χ1v) is 10.9. The van der Waals surface area contributed by atoms with Crippen molar-refractivity contribution in [2.24, 2.45) is 5.92 Å². The van der Waals surface area contributed by atoms with Crippen LogP contribution in [0.3, 0.4) is 0 Å². The molecule has 1 aromatic carbocycles. The summed E-state index contributed by atoms with van der Waals surface area (Å²) in [5.41, 5.74) is 1.57. The Bertz CT molecular complexity index is 824. The van der Waals surface area contributed by atoms with Gasteiger partial charge in [0.2, 0.25) is 17.7 Å².